The van der Waals surface area contributed by atoms with E-state index in [-0.39, 0.29) is 5.91 Å². The quantitative estimate of drug-likeness (QED) is 0.790. The maximum Gasteiger partial charge on any atom is 0.271 e. The Bertz CT molecular complexity index is 858. The number of amides is 1. The maximum absolute atomic E-state index is 12.2. The first-order valence-corrected chi connectivity index (χ1v) is 7.47. The van der Waals surface area contributed by atoms with E-state index in [2.05, 4.69) is 10.3 Å². The molecule has 1 aromatic carbocycles. The van der Waals surface area contributed by atoms with E-state index < -0.39 is 0 Å². The van der Waals surface area contributed by atoms with Crippen LogP contribution in [0.2, 0.25) is 10.0 Å². The SMILES string of the molecule is Cc1cccc2nc(C(=O)NCc3ccc(Cl)cc3Cl)cn12. The Labute approximate surface area is 137 Å². The minimum atomic E-state index is -0.242. The van der Waals surface area contributed by atoms with E-state index in [0.717, 1.165) is 16.9 Å². The third kappa shape index (κ3) is 2.93. The second kappa shape index (κ2) is 5.99. The molecule has 0 radical (unpaired) electrons. The highest BCUT2D eigenvalue weighted by Crippen LogP contribution is 2.20. The molecule has 0 atom stereocenters. The van der Waals surface area contributed by atoms with Gasteiger partial charge in [0.15, 0.2) is 0 Å². The highest BCUT2D eigenvalue weighted by molar-refractivity contribution is 6.35. The fraction of sp³-hybridized carbons (Fsp3) is 0.125. The summed E-state index contributed by atoms with van der Waals surface area (Å²) in [6.45, 7) is 2.28. The third-order valence-corrected chi connectivity index (χ3v) is 3.97. The van der Waals surface area contributed by atoms with Crippen molar-refractivity contribution < 1.29 is 4.79 Å². The molecule has 2 aromatic heterocycles. The number of carbonyl (C=O) groups is 1. The number of nitrogens with zero attached hydrogens (tertiary/aromatic N) is 2. The topological polar surface area (TPSA) is 46.4 Å². The number of aromatic nitrogens is 2. The van der Waals surface area contributed by atoms with Crippen molar-refractivity contribution in [2.75, 3.05) is 0 Å². The van der Waals surface area contributed by atoms with Crippen LogP contribution in [-0.4, -0.2) is 15.3 Å². The lowest BCUT2D eigenvalue weighted by molar-refractivity contribution is 0.0946. The number of pyridine rings is 1. The summed E-state index contributed by atoms with van der Waals surface area (Å²) in [5, 5.41) is 3.91. The summed E-state index contributed by atoms with van der Waals surface area (Å²) in [5.74, 6) is -0.242. The van der Waals surface area contributed by atoms with Crippen LogP contribution in [0.1, 0.15) is 21.7 Å². The molecular formula is C16H13Cl2N3O. The van der Waals surface area contributed by atoms with Gasteiger partial charge < -0.3 is 9.72 Å². The van der Waals surface area contributed by atoms with E-state index in [9.17, 15) is 4.79 Å². The Morgan fingerprint density at radius 2 is 2.09 bits per heavy atom. The number of imidazole rings is 1. The molecule has 0 saturated carbocycles. The van der Waals surface area contributed by atoms with Gasteiger partial charge in [0.25, 0.3) is 5.91 Å². The summed E-state index contributed by atoms with van der Waals surface area (Å²) in [6.07, 6.45) is 1.73. The average Bonchev–Trinajstić information content (AvgIpc) is 2.92. The van der Waals surface area contributed by atoms with Crippen molar-refractivity contribution in [2.24, 2.45) is 0 Å². The predicted octanol–water partition coefficient (Wildman–Crippen LogP) is 3.88. The number of halogens is 2. The number of rotatable bonds is 3. The van der Waals surface area contributed by atoms with Gasteiger partial charge in [-0.3, -0.25) is 4.79 Å². The molecule has 3 aromatic rings. The zero-order chi connectivity index (χ0) is 15.7. The fourth-order valence-corrected chi connectivity index (χ4v) is 2.66. The van der Waals surface area contributed by atoms with Gasteiger partial charge in [-0.05, 0) is 36.8 Å². The van der Waals surface area contributed by atoms with Gasteiger partial charge in [-0.1, -0.05) is 35.3 Å². The first kappa shape index (κ1) is 14.9. The Balaban J connectivity index is 1.77. The molecule has 3 rings (SSSR count). The van der Waals surface area contributed by atoms with Crippen LogP contribution in [0.4, 0.5) is 0 Å². The number of hydrogen-bond donors (Lipinski definition) is 1. The molecule has 4 nitrogen and oxygen atoms in total. The van der Waals surface area contributed by atoms with Gasteiger partial charge in [-0.25, -0.2) is 4.98 Å². The van der Waals surface area contributed by atoms with Crippen LogP contribution in [0.3, 0.4) is 0 Å². The summed E-state index contributed by atoms with van der Waals surface area (Å²) in [5.41, 5.74) is 2.94. The molecule has 0 aliphatic carbocycles. The number of fused-ring (bicyclic) bond motifs is 1. The van der Waals surface area contributed by atoms with Gasteiger partial charge in [-0.15, -0.1) is 0 Å². The molecule has 0 aliphatic rings. The smallest absolute Gasteiger partial charge is 0.271 e. The van der Waals surface area contributed by atoms with Gasteiger partial charge >= 0.3 is 0 Å². The van der Waals surface area contributed by atoms with E-state index in [1.807, 2.05) is 29.5 Å². The summed E-state index contributed by atoms with van der Waals surface area (Å²) in [7, 11) is 0. The van der Waals surface area contributed by atoms with Crippen LogP contribution in [0.5, 0.6) is 0 Å². The van der Waals surface area contributed by atoms with Gasteiger partial charge in [0, 0.05) is 28.5 Å². The third-order valence-electron chi connectivity index (χ3n) is 3.38. The molecule has 0 spiro atoms. The van der Waals surface area contributed by atoms with Gasteiger partial charge in [0.1, 0.15) is 11.3 Å². The minimum absolute atomic E-state index is 0.242. The molecule has 112 valence electrons. The van der Waals surface area contributed by atoms with E-state index in [0.29, 0.717) is 22.3 Å². The molecule has 0 unspecified atom stereocenters. The number of benzene rings is 1. The van der Waals surface area contributed by atoms with Crippen molar-refractivity contribution in [3.05, 3.63) is 69.6 Å². The standard InChI is InChI=1S/C16H13Cl2N3O/c1-10-3-2-4-15-20-14(9-21(10)15)16(22)19-8-11-5-6-12(17)7-13(11)18/h2-7,9H,8H2,1H3,(H,19,22). The first-order valence-electron chi connectivity index (χ1n) is 6.71. The molecule has 1 N–H and O–H groups in total. The average molecular weight is 334 g/mol. The van der Waals surface area contributed by atoms with E-state index in [1.165, 1.54) is 0 Å². The summed E-state index contributed by atoms with van der Waals surface area (Å²) in [4.78, 5) is 16.5. The zero-order valence-electron chi connectivity index (χ0n) is 11.8. The van der Waals surface area contributed by atoms with Gasteiger partial charge in [0.05, 0.1) is 0 Å². The molecule has 6 heteroatoms. The van der Waals surface area contributed by atoms with Crippen LogP contribution >= 0.6 is 23.2 Å². The van der Waals surface area contributed by atoms with Crippen molar-refractivity contribution in [1.82, 2.24) is 14.7 Å². The highest BCUT2D eigenvalue weighted by Gasteiger charge is 2.12. The number of nitrogens with one attached hydrogen (secondary N) is 1. The predicted molar refractivity (Wildman–Crippen MR) is 87.6 cm³/mol. The van der Waals surface area contributed by atoms with Crippen molar-refractivity contribution >= 4 is 34.8 Å². The molecular weight excluding hydrogens is 321 g/mol. The second-order valence-corrected chi connectivity index (χ2v) is 5.78. The van der Waals surface area contributed by atoms with Gasteiger partial charge in [-0.2, -0.15) is 0 Å². The van der Waals surface area contributed by atoms with Crippen molar-refractivity contribution in [3.8, 4) is 0 Å². The first-order chi connectivity index (χ1) is 10.5. The molecule has 0 fully saturated rings. The second-order valence-electron chi connectivity index (χ2n) is 4.94. The van der Waals surface area contributed by atoms with Crippen molar-refractivity contribution in [3.63, 3.8) is 0 Å². The maximum atomic E-state index is 12.2. The Morgan fingerprint density at radius 3 is 2.82 bits per heavy atom. The molecule has 22 heavy (non-hydrogen) atoms. The summed E-state index contributed by atoms with van der Waals surface area (Å²) in [6, 6.07) is 10.9. The normalized spacial score (nSPS) is 10.9. The molecule has 0 aliphatic heterocycles. The van der Waals surface area contributed by atoms with Crippen LogP contribution < -0.4 is 5.32 Å². The number of carbonyl (C=O) groups excluding carboxylic acids is 1. The van der Waals surface area contributed by atoms with Crippen LogP contribution in [0, 0.1) is 6.92 Å². The number of hydrogen-bond acceptors (Lipinski definition) is 2. The van der Waals surface area contributed by atoms with Crippen LogP contribution in [0.15, 0.2) is 42.6 Å². The lowest BCUT2D eigenvalue weighted by Crippen LogP contribution is -2.23. The fourth-order valence-electron chi connectivity index (χ4n) is 2.19. The van der Waals surface area contributed by atoms with E-state index in [1.54, 1.807) is 24.4 Å². The Hall–Kier alpha value is -2.04. The van der Waals surface area contributed by atoms with Gasteiger partial charge in [0.2, 0.25) is 0 Å². The Kier molecular flexibility index (Phi) is 4.05. The minimum Gasteiger partial charge on any atom is -0.347 e. The lowest BCUT2D eigenvalue weighted by atomic mass is 10.2. The molecule has 2 heterocycles. The summed E-state index contributed by atoms with van der Waals surface area (Å²) < 4.78 is 1.88. The molecule has 1 amide bonds. The number of aryl methyl sites for hydroxylation is 1. The Morgan fingerprint density at radius 1 is 1.27 bits per heavy atom. The molecule has 0 bridgehead atoms. The monoisotopic (exact) mass is 333 g/mol. The van der Waals surface area contributed by atoms with Crippen molar-refractivity contribution in [2.45, 2.75) is 13.5 Å². The van der Waals surface area contributed by atoms with E-state index >= 15 is 0 Å². The van der Waals surface area contributed by atoms with Crippen LogP contribution in [-0.2, 0) is 6.54 Å². The lowest BCUT2D eigenvalue weighted by Gasteiger charge is -2.06. The largest absolute Gasteiger partial charge is 0.347 e. The van der Waals surface area contributed by atoms with E-state index in [4.69, 9.17) is 23.2 Å². The zero-order valence-corrected chi connectivity index (χ0v) is 13.3. The summed E-state index contributed by atoms with van der Waals surface area (Å²) >= 11 is 11.9. The molecule has 0 saturated heterocycles. The highest BCUT2D eigenvalue weighted by atomic mass is 35.5. The van der Waals surface area contributed by atoms with Crippen molar-refractivity contribution in [1.29, 1.82) is 0 Å². The van der Waals surface area contributed by atoms with Crippen LogP contribution in [0.25, 0.3) is 5.65 Å².